The lowest BCUT2D eigenvalue weighted by molar-refractivity contribution is 0.395. The van der Waals surface area contributed by atoms with Crippen molar-refractivity contribution in [3.05, 3.63) is 0 Å². The second-order valence-corrected chi connectivity index (χ2v) is 3.88. The topological polar surface area (TPSA) is 15.6 Å². The van der Waals surface area contributed by atoms with Crippen LogP contribution in [0, 0.1) is 5.89 Å². The third kappa shape index (κ3) is 4.30. The first-order chi connectivity index (χ1) is 7.41. The van der Waals surface area contributed by atoms with Gasteiger partial charge in [-0.1, -0.05) is 13.8 Å². The van der Waals surface area contributed by atoms with E-state index in [0.717, 1.165) is 0 Å². The van der Waals surface area contributed by atoms with Crippen LogP contribution in [0.4, 0.5) is 0 Å². The van der Waals surface area contributed by atoms with Gasteiger partial charge in [0.05, 0.1) is 0 Å². The fourth-order valence-electron chi connectivity index (χ4n) is 0.942. The van der Waals surface area contributed by atoms with E-state index in [0.29, 0.717) is 5.84 Å². The highest BCUT2D eigenvalue weighted by Gasteiger charge is 2.13. The van der Waals surface area contributed by atoms with Gasteiger partial charge in [0.1, 0.15) is 5.84 Å². The van der Waals surface area contributed by atoms with Crippen LogP contribution < -0.4 is 0 Å². The molecule has 0 fully saturated rings. The Morgan fingerprint density at radius 2 is 1.85 bits per heavy atom. The molecule has 13 heavy (non-hydrogen) atoms. The highest BCUT2D eigenvalue weighted by Crippen LogP contribution is 2.07. The van der Waals surface area contributed by atoms with Crippen molar-refractivity contribution in [2.75, 3.05) is 7.05 Å². The molecule has 0 aromatic rings. The van der Waals surface area contributed by atoms with Crippen molar-refractivity contribution in [3.8, 4) is 0 Å². The van der Waals surface area contributed by atoms with Crippen molar-refractivity contribution in [3.63, 3.8) is 0 Å². The van der Waals surface area contributed by atoms with Crippen LogP contribution in [0.25, 0.3) is 0 Å². The Morgan fingerprint density at radius 1 is 1.31 bits per heavy atom. The van der Waals surface area contributed by atoms with Gasteiger partial charge < -0.3 is 4.90 Å². The summed E-state index contributed by atoms with van der Waals surface area (Å²) in [6, 6.07) is 0.0812. The summed E-state index contributed by atoms with van der Waals surface area (Å²) in [6.07, 6.45) is 0. The largest absolute Gasteiger partial charge is 0.361 e. The molecular weight excluding hydrogens is 160 g/mol. The van der Waals surface area contributed by atoms with Crippen LogP contribution in [-0.2, 0) is 0 Å². The van der Waals surface area contributed by atoms with Crippen molar-refractivity contribution in [2.45, 2.75) is 53.6 Å². The van der Waals surface area contributed by atoms with Crippen molar-refractivity contribution in [2.24, 2.45) is 10.9 Å². The standard InChI is InChI=1S/C11H24N2/c1-8(2)11(12-9(3)4)13(7)10(5)6/h8-10H,1-7H3/i1D3,8D. The lowest BCUT2D eigenvalue weighted by Gasteiger charge is -2.28. The van der Waals surface area contributed by atoms with Crippen LogP contribution in [0.1, 0.15) is 47.0 Å². The molecule has 0 aliphatic carbocycles. The van der Waals surface area contributed by atoms with E-state index < -0.39 is 12.7 Å². The number of rotatable bonds is 3. The number of hydrogen-bond donors (Lipinski definition) is 0. The minimum Gasteiger partial charge on any atom is -0.361 e. The zero-order valence-electron chi connectivity index (χ0n) is 13.5. The van der Waals surface area contributed by atoms with E-state index in [1.54, 1.807) is 11.9 Å². The molecule has 0 bridgehead atoms. The summed E-state index contributed by atoms with van der Waals surface area (Å²) >= 11 is 0. The van der Waals surface area contributed by atoms with Gasteiger partial charge in [0.15, 0.2) is 0 Å². The van der Waals surface area contributed by atoms with Crippen LogP contribution in [0.15, 0.2) is 4.99 Å². The van der Waals surface area contributed by atoms with Gasteiger partial charge in [0, 0.05) is 30.5 Å². The summed E-state index contributed by atoms with van der Waals surface area (Å²) in [7, 11) is 1.78. The second-order valence-electron chi connectivity index (χ2n) is 3.88. The predicted octanol–water partition coefficient (Wildman–Crippen LogP) is 2.79. The van der Waals surface area contributed by atoms with Gasteiger partial charge >= 0.3 is 0 Å². The first-order valence-corrected chi connectivity index (χ1v) is 4.72. The summed E-state index contributed by atoms with van der Waals surface area (Å²) in [5.41, 5.74) is 0. The van der Waals surface area contributed by atoms with E-state index in [4.69, 9.17) is 5.48 Å². The lowest BCUT2D eigenvalue weighted by Crippen LogP contribution is -2.36. The molecule has 0 rings (SSSR count). The number of nitrogens with zero attached hydrogens (tertiary/aromatic N) is 2. The first kappa shape index (κ1) is 6.86. The zero-order valence-corrected chi connectivity index (χ0v) is 9.55. The SMILES string of the molecule is [2H]C([2H])([2H])C([2H])(C)C(=NC(C)C)N(C)C(C)C. The zero-order chi connectivity index (χ0) is 14.0. The monoisotopic (exact) mass is 188 g/mol. The van der Waals surface area contributed by atoms with Crippen molar-refractivity contribution < 1.29 is 5.48 Å². The average molecular weight is 188 g/mol. The second kappa shape index (κ2) is 5.25. The molecule has 0 aromatic carbocycles. The van der Waals surface area contributed by atoms with Crippen LogP contribution in [0.3, 0.4) is 0 Å². The van der Waals surface area contributed by atoms with E-state index in [1.165, 1.54) is 6.92 Å². The van der Waals surface area contributed by atoms with E-state index in [-0.39, 0.29) is 12.1 Å². The molecule has 0 aliphatic heterocycles. The maximum Gasteiger partial charge on any atom is 0.102 e. The molecule has 0 heterocycles. The highest BCUT2D eigenvalue weighted by molar-refractivity contribution is 5.84. The van der Waals surface area contributed by atoms with Gasteiger partial charge in [-0.2, -0.15) is 0 Å². The van der Waals surface area contributed by atoms with Gasteiger partial charge in [-0.25, -0.2) is 0 Å². The third-order valence-electron chi connectivity index (χ3n) is 1.82. The average Bonchev–Trinajstić information content (AvgIpc) is 2.10. The van der Waals surface area contributed by atoms with Crippen molar-refractivity contribution in [1.29, 1.82) is 0 Å². The molecule has 2 nitrogen and oxygen atoms in total. The van der Waals surface area contributed by atoms with Gasteiger partial charge in [0.25, 0.3) is 0 Å². The molecule has 78 valence electrons. The molecule has 0 saturated carbocycles. The quantitative estimate of drug-likeness (QED) is 0.491. The van der Waals surface area contributed by atoms with Gasteiger partial charge in [-0.3, -0.25) is 4.99 Å². The molecule has 0 radical (unpaired) electrons. The van der Waals surface area contributed by atoms with Crippen LogP contribution in [0.5, 0.6) is 0 Å². The van der Waals surface area contributed by atoms with E-state index in [1.807, 2.05) is 27.7 Å². The Morgan fingerprint density at radius 3 is 2.15 bits per heavy atom. The first-order valence-electron chi connectivity index (χ1n) is 6.72. The molecule has 0 N–H and O–H groups in total. The molecule has 0 aromatic heterocycles. The lowest BCUT2D eigenvalue weighted by atomic mass is 10.1. The summed E-state index contributed by atoms with van der Waals surface area (Å²) in [5.74, 6) is -1.36. The van der Waals surface area contributed by atoms with Gasteiger partial charge in [-0.15, -0.1) is 0 Å². The maximum atomic E-state index is 8.12. The molecule has 0 amide bonds. The van der Waals surface area contributed by atoms with Gasteiger partial charge in [0.2, 0.25) is 0 Å². The minimum atomic E-state index is -2.39. The normalized spacial score (nSPS) is 23.2. The number of aliphatic imine (C=N–C) groups is 1. The van der Waals surface area contributed by atoms with Crippen LogP contribution in [0.2, 0.25) is 0 Å². The number of amidine groups is 1. The Hall–Kier alpha value is -0.530. The summed E-state index contributed by atoms with van der Waals surface area (Å²) in [4.78, 5) is 6.09. The van der Waals surface area contributed by atoms with E-state index in [2.05, 4.69) is 4.99 Å². The maximum absolute atomic E-state index is 8.12. The molecule has 2 heteroatoms. The molecule has 0 aliphatic rings. The van der Waals surface area contributed by atoms with Crippen molar-refractivity contribution in [1.82, 2.24) is 4.90 Å². The molecule has 1 atom stereocenters. The van der Waals surface area contributed by atoms with E-state index in [9.17, 15) is 0 Å². The van der Waals surface area contributed by atoms with E-state index >= 15 is 0 Å². The Kier molecular flexibility index (Phi) is 2.77. The number of hydrogen-bond acceptors (Lipinski definition) is 1. The van der Waals surface area contributed by atoms with Crippen LogP contribution in [-0.4, -0.2) is 29.9 Å². The fraction of sp³-hybridized carbons (Fsp3) is 0.909. The Bertz CT molecular complexity index is 280. The Balaban J connectivity index is 5.50. The molecule has 1 unspecified atom stereocenters. The van der Waals surface area contributed by atoms with Crippen LogP contribution >= 0.6 is 0 Å². The Labute approximate surface area is 88.7 Å². The smallest absolute Gasteiger partial charge is 0.102 e. The highest BCUT2D eigenvalue weighted by atomic mass is 15.2. The summed E-state index contributed by atoms with van der Waals surface area (Å²) in [6.45, 7) is 6.67. The third-order valence-corrected chi connectivity index (χ3v) is 1.82. The molecular formula is C11H24N2. The predicted molar refractivity (Wildman–Crippen MR) is 60.3 cm³/mol. The minimum absolute atomic E-state index is 0.0294. The summed E-state index contributed by atoms with van der Waals surface area (Å²) in [5, 5.41) is 0. The fourth-order valence-corrected chi connectivity index (χ4v) is 0.942. The molecule has 0 spiro atoms. The molecule has 0 saturated heterocycles. The van der Waals surface area contributed by atoms with Gasteiger partial charge in [-0.05, 0) is 27.7 Å². The summed E-state index contributed by atoms with van der Waals surface area (Å²) < 4.78 is 30.6. The van der Waals surface area contributed by atoms with Crippen molar-refractivity contribution >= 4 is 5.84 Å².